The highest BCUT2D eigenvalue weighted by molar-refractivity contribution is 5.87. The predicted molar refractivity (Wildman–Crippen MR) is 63.7 cm³/mol. The lowest BCUT2D eigenvalue weighted by atomic mass is 10.1. The standard InChI is InChI=1S/C11H20N2O5/c1-7(6-12)3-4-9(14)13-8(11(16)17)5-10(15)18-2/h7-8H,3-6,12H2,1-2H3,(H,13,14)(H,16,17)/t7?,8-/m0/s1. The molecule has 0 saturated carbocycles. The van der Waals surface area contributed by atoms with Crippen LogP contribution in [-0.2, 0) is 19.1 Å². The molecule has 1 amide bonds. The van der Waals surface area contributed by atoms with E-state index in [1.807, 2.05) is 6.92 Å². The quantitative estimate of drug-likeness (QED) is 0.506. The van der Waals surface area contributed by atoms with Gasteiger partial charge in [0.2, 0.25) is 5.91 Å². The summed E-state index contributed by atoms with van der Waals surface area (Å²) in [5.41, 5.74) is 5.40. The number of nitrogens with two attached hydrogens (primary N) is 1. The molecule has 2 atom stereocenters. The Bertz CT molecular complexity index is 306. The van der Waals surface area contributed by atoms with E-state index in [1.165, 1.54) is 0 Å². The lowest BCUT2D eigenvalue weighted by Gasteiger charge is -2.14. The molecule has 0 aromatic heterocycles. The van der Waals surface area contributed by atoms with Gasteiger partial charge in [0.05, 0.1) is 13.5 Å². The third-order valence-corrected chi connectivity index (χ3v) is 2.50. The molecule has 18 heavy (non-hydrogen) atoms. The van der Waals surface area contributed by atoms with Crippen molar-refractivity contribution in [3.05, 3.63) is 0 Å². The van der Waals surface area contributed by atoms with Crippen molar-refractivity contribution < 1.29 is 24.2 Å². The van der Waals surface area contributed by atoms with Crippen molar-refractivity contribution in [1.29, 1.82) is 0 Å². The summed E-state index contributed by atoms with van der Waals surface area (Å²) >= 11 is 0. The van der Waals surface area contributed by atoms with Gasteiger partial charge in [-0.15, -0.1) is 0 Å². The number of carbonyl (C=O) groups is 3. The van der Waals surface area contributed by atoms with Gasteiger partial charge in [0.15, 0.2) is 0 Å². The summed E-state index contributed by atoms with van der Waals surface area (Å²) < 4.78 is 4.36. The highest BCUT2D eigenvalue weighted by Gasteiger charge is 2.23. The van der Waals surface area contributed by atoms with E-state index in [1.54, 1.807) is 0 Å². The third-order valence-electron chi connectivity index (χ3n) is 2.50. The summed E-state index contributed by atoms with van der Waals surface area (Å²) in [7, 11) is 1.16. The minimum absolute atomic E-state index is 0.184. The van der Waals surface area contributed by atoms with E-state index in [4.69, 9.17) is 10.8 Å². The Labute approximate surface area is 106 Å². The molecule has 0 aromatic carbocycles. The van der Waals surface area contributed by atoms with E-state index >= 15 is 0 Å². The number of aliphatic carboxylic acids is 1. The monoisotopic (exact) mass is 260 g/mol. The van der Waals surface area contributed by atoms with Gasteiger partial charge >= 0.3 is 11.9 Å². The van der Waals surface area contributed by atoms with Gasteiger partial charge in [-0.3, -0.25) is 9.59 Å². The van der Waals surface area contributed by atoms with Crippen molar-refractivity contribution in [3.63, 3.8) is 0 Å². The maximum absolute atomic E-state index is 11.5. The van der Waals surface area contributed by atoms with E-state index in [9.17, 15) is 14.4 Å². The molecule has 0 aliphatic rings. The van der Waals surface area contributed by atoms with Gasteiger partial charge in [-0.05, 0) is 18.9 Å². The number of hydrogen-bond donors (Lipinski definition) is 3. The average Bonchev–Trinajstić information content (AvgIpc) is 2.34. The van der Waals surface area contributed by atoms with Crippen LogP contribution in [0, 0.1) is 5.92 Å². The first-order chi connectivity index (χ1) is 8.40. The van der Waals surface area contributed by atoms with Crippen LogP contribution in [0.2, 0.25) is 0 Å². The smallest absolute Gasteiger partial charge is 0.326 e. The molecule has 104 valence electrons. The molecule has 0 fully saturated rings. The van der Waals surface area contributed by atoms with E-state index in [-0.39, 0.29) is 18.8 Å². The molecule has 1 unspecified atom stereocenters. The summed E-state index contributed by atoms with van der Waals surface area (Å²) in [6, 6.07) is -1.25. The van der Waals surface area contributed by atoms with E-state index in [0.717, 1.165) is 7.11 Å². The van der Waals surface area contributed by atoms with Crippen molar-refractivity contribution in [3.8, 4) is 0 Å². The number of carboxylic acid groups (broad SMARTS) is 1. The van der Waals surface area contributed by atoms with E-state index < -0.39 is 23.9 Å². The number of methoxy groups -OCH3 is 1. The molecular weight excluding hydrogens is 240 g/mol. The molecular formula is C11H20N2O5. The number of rotatable bonds is 8. The van der Waals surface area contributed by atoms with Gasteiger partial charge in [0, 0.05) is 6.42 Å². The van der Waals surface area contributed by atoms with Crippen molar-refractivity contribution in [2.24, 2.45) is 11.7 Å². The average molecular weight is 260 g/mol. The molecule has 0 spiro atoms. The Hall–Kier alpha value is -1.63. The minimum Gasteiger partial charge on any atom is -0.480 e. The molecule has 0 aliphatic carbocycles. The van der Waals surface area contributed by atoms with Gasteiger partial charge in [-0.2, -0.15) is 0 Å². The zero-order valence-corrected chi connectivity index (χ0v) is 10.6. The predicted octanol–water partition coefficient (Wildman–Crippen LogP) is -0.506. The van der Waals surface area contributed by atoms with Crippen molar-refractivity contribution in [2.45, 2.75) is 32.2 Å². The molecule has 0 aliphatic heterocycles. The Balaban J connectivity index is 4.20. The maximum atomic E-state index is 11.5. The second-order valence-corrected chi connectivity index (χ2v) is 4.12. The Kier molecular flexibility index (Phi) is 7.69. The van der Waals surface area contributed by atoms with Crippen molar-refractivity contribution in [2.75, 3.05) is 13.7 Å². The lowest BCUT2D eigenvalue weighted by Crippen LogP contribution is -2.42. The Morgan fingerprint density at radius 3 is 2.44 bits per heavy atom. The van der Waals surface area contributed by atoms with Crippen LogP contribution in [0.4, 0.5) is 0 Å². The van der Waals surface area contributed by atoms with Gasteiger partial charge in [-0.1, -0.05) is 6.92 Å². The van der Waals surface area contributed by atoms with Crippen LogP contribution in [0.15, 0.2) is 0 Å². The number of esters is 1. The van der Waals surface area contributed by atoms with Gasteiger partial charge in [-0.25, -0.2) is 4.79 Å². The number of carboxylic acids is 1. The fraction of sp³-hybridized carbons (Fsp3) is 0.727. The van der Waals surface area contributed by atoms with Crippen LogP contribution in [-0.4, -0.2) is 42.6 Å². The fourth-order valence-electron chi connectivity index (χ4n) is 1.21. The van der Waals surface area contributed by atoms with Gasteiger partial charge in [0.1, 0.15) is 6.04 Å². The second-order valence-electron chi connectivity index (χ2n) is 4.12. The van der Waals surface area contributed by atoms with Crippen molar-refractivity contribution in [1.82, 2.24) is 5.32 Å². The Morgan fingerprint density at radius 2 is 2.00 bits per heavy atom. The zero-order valence-electron chi connectivity index (χ0n) is 10.6. The zero-order chi connectivity index (χ0) is 14.1. The normalized spacial score (nSPS) is 13.5. The first kappa shape index (κ1) is 16.4. The summed E-state index contributed by atoms with van der Waals surface area (Å²) in [5, 5.41) is 11.1. The van der Waals surface area contributed by atoms with Crippen LogP contribution >= 0.6 is 0 Å². The largest absolute Gasteiger partial charge is 0.480 e. The molecule has 0 radical (unpaired) electrons. The molecule has 0 heterocycles. The molecule has 7 heteroatoms. The SMILES string of the molecule is COC(=O)C[C@H](NC(=O)CCC(C)CN)C(=O)O. The van der Waals surface area contributed by atoms with Crippen LogP contribution in [0.5, 0.6) is 0 Å². The van der Waals surface area contributed by atoms with Crippen LogP contribution < -0.4 is 11.1 Å². The molecule has 0 saturated heterocycles. The third kappa shape index (κ3) is 6.85. The molecule has 0 bridgehead atoms. The topological polar surface area (TPSA) is 119 Å². The summed E-state index contributed by atoms with van der Waals surface area (Å²) in [4.78, 5) is 33.3. The highest BCUT2D eigenvalue weighted by Crippen LogP contribution is 2.04. The van der Waals surface area contributed by atoms with Gasteiger partial charge in [0.25, 0.3) is 0 Å². The van der Waals surface area contributed by atoms with Crippen LogP contribution in [0.3, 0.4) is 0 Å². The molecule has 0 aromatic rings. The minimum atomic E-state index is -1.26. The molecule has 4 N–H and O–H groups in total. The number of amides is 1. The molecule has 0 rings (SSSR count). The first-order valence-electron chi connectivity index (χ1n) is 5.69. The van der Waals surface area contributed by atoms with Crippen molar-refractivity contribution >= 4 is 17.8 Å². The number of nitrogens with one attached hydrogen (secondary N) is 1. The number of ether oxygens (including phenoxy) is 1. The van der Waals surface area contributed by atoms with Crippen LogP contribution in [0.25, 0.3) is 0 Å². The van der Waals surface area contributed by atoms with Crippen LogP contribution in [0.1, 0.15) is 26.2 Å². The molecule has 7 nitrogen and oxygen atoms in total. The number of hydrogen-bond acceptors (Lipinski definition) is 5. The van der Waals surface area contributed by atoms with Gasteiger partial charge < -0.3 is 20.9 Å². The van der Waals surface area contributed by atoms with E-state index in [2.05, 4.69) is 10.1 Å². The fourth-order valence-corrected chi connectivity index (χ4v) is 1.21. The summed E-state index contributed by atoms with van der Waals surface area (Å²) in [6.07, 6.45) is 0.375. The second kappa shape index (κ2) is 8.46. The first-order valence-corrected chi connectivity index (χ1v) is 5.69. The highest BCUT2D eigenvalue weighted by atomic mass is 16.5. The number of carbonyl (C=O) groups excluding carboxylic acids is 2. The lowest BCUT2D eigenvalue weighted by molar-refractivity contribution is -0.148. The van der Waals surface area contributed by atoms with E-state index in [0.29, 0.717) is 13.0 Å². The summed E-state index contributed by atoms with van der Waals surface area (Å²) in [6.45, 7) is 2.37. The summed E-state index contributed by atoms with van der Waals surface area (Å²) in [5.74, 6) is -2.16. The Morgan fingerprint density at radius 1 is 1.39 bits per heavy atom. The maximum Gasteiger partial charge on any atom is 0.326 e.